The Morgan fingerprint density at radius 1 is 0.837 bits per heavy atom. The van der Waals surface area contributed by atoms with Gasteiger partial charge in [0.2, 0.25) is 19.7 Å². The maximum absolute atomic E-state index is 14.0. The van der Waals surface area contributed by atoms with Crippen molar-refractivity contribution in [3.05, 3.63) is 83.9 Å². The SMILES string of the molecule is BC(=O)N[C@H](C(=O)N[C@@H](Cc1cccc2ccccc12)C(=O)NC(CCC)C(O)C(=O)NCC(=O)OCc1ccccc1)C1CCCCC1. The number of hydrogen-bond donors (Lipinski definition) is 5. The van der Waals surface area contributed by atoms with Crippen LogP contribution in [0.3, 0.4) is 0 Å². The van der Waals surface area contributed by atoms with Gasteiger partial charge in [0.15, 0.2) is 11.9 Å². The summed E-state index contributed by atoms with van der Waals surface area (Å²) in [5.41, 5.74) is 1.62. The zero-order valence-corrected chi connectivity index (χ0v) is 28.3. The molecule has 0 aromatic heterocycles. The second-order valence-electron chi connectivity index (χ2n) is 12.7. The first-order valence-electron chi connectivity index (χ1n) is 17.2. The van der Waals surface area contributed by atoms with Gasteiger partial charge in [0.25, 0.3) is 5.91 Å². The Balaban J connectivity index is 1.48. The predicted molar refractivity (Wildman–Crippen MR) is 189 cm³/mol. The van der Waals surface area contributed by atoms with Gasteiger partial charge in [0.1, 0.15) is 25.2 Å². The number of amides is 4. The number of fused-ring (bicyclic) bond motifs is 1. The average molecular weight is 671 g/mol. The number of hydrogen-bond acceptors (Lipinski definition) is 7. The lowest BCUT2D eigenvalue weighted by Crippen LogP contribution is -2.59. The van der Waals surface area contributed by atoms with E-state index in [4.69, 9.17) is 4.74 Å². The lowest BCUT2D eigenvalue weighted by Gasteiger charge is -2.32. The van der Waals surface area contributed by atoms with Gasteiger partial charge in [-0.1, -0.05) is 105 Å². The number of carbonyl (C=O) groups excluding carboxylic acids is 5. The number of benzene rings is 3. The summed E-state index contributed by atoms with van der Waals surface area (Å²) in [7, 11) is 1.37. The maximum Gasteiger partial charge on any atom is 0.325 e. The summed E-state index contributed by atoms with van der Waals surface area (Å²) in [6.07, 6.45) is 3.80. The molecular formula is C37H47BN4O7. The fraction of sp³-hybridized carbons (Fsp3) is 0.432. The zero-order chi connectivity index (χ0) is 35.2. The normalized spacial score (nSPS) is 15.6. The molecule has 49 heavy (non-hydrogen) atoms. The van der Waals surface area contributed by atoms with Gasteiger partial charge < -0.3 is 31.1 Å². The Kier molecular flexibility index (Phi) is 14.2. The highest BCUT2D eigenvalue weighted by atomic mass is 16.5. The first kappa shape index (κ1) is 37.1. The number of esters is 1. The molecule has 0 aliphatic heterocycles. The average Bonchev–Trinajstić information content (AvgIpc) is 3.11. The molecule has 1 saturated carbocycles. The largest absolute Gasteiger partial charge is 0.460 e. The standard InChI is InChI=1S/C37H47BN4O7/c1-2-12-29(33(44)36(47)39-22-31(43)49-23-24-13-5-3-6-14-24)40-34(45)30(21-27-19-11-18-25-15-9-10-20-28(25)27)41-35(46)32(42-37(38)48)26-16-7-4-8-17-26/h3,5-6,9-11,13-15,18-20,26,29-30,32-33,44H,2,4,7-8,12,16-17,21-23,38H2,1H3,(H,39,47)(H,40,45)(H,41,46)(H,42,48)/t29?,30-,32-,33?/m0/s1. The van der Waals surface area contributed by atoms with Gasteiger partial charge in [-0.25, -0.2) is 0 Å². The Morgan fingerprint density at radius 3 is 2.24 bits per heavy atom. The first-order valence-corrected chi connectivity index (χ1v) is 17.2. The summed E-state index contributed by atoms with van der Waals surface area (Å²) in [6.45, 7) is 1.43. The van der Waals surface area contributed by atoms with Crippen LogP contribution in [0, 0.1) is 5.92 Å². The summed E-state index contributed by atoms with van der Waals surface area (Å²) in [5, 5.41) is 23.8. The Morgan fingerprint density at radius 2 is 1.53 bits per heavy atom. The van der Waals surface area contributed by atoms with Crippen molar-refractivity contribution in [3.63, 3.8) is 0 Å². The van der Waals surface area contributed by atoms with E-state index in [9.17, 15) is 29.1 Å². The van der Waals surface area contributed by atoms with Gasteiger partial charge in [0, 0.05) is 6.42 Å². The third-order valence-electron chi connectivity index (χ3n) is 8.93. The number of rotatable bonds is 16. The lowest BCUT2D eigenvalue weighted by molar-refractivity contribution is -0.146. The first-order chi connectivity index (χ1) is 23.7. The van der Waals surface area contributed by atoms with E-state index in [1.54, 1.807) is 12.1 Å². The van der Waals surface area contributed by atoms with Crippen LogP contribution in [0.5, 0.6) is 0 Å². The van der Waals surface area contributed by atoms with E-state index < -0.39 is 54.5 Å². The summed E-state index contributed by atoms with van der Waals surface area (Å²) >= 11 is 0. The van der Waals surface area contributed by atoms with Crippen molar-refractivity contribution in [2.45, 2.75) is 89.1 Å². The predicted octanol–water partition coefficient (Wildman–Crippen LogP) is 2.66. The summed E-state index contributed by atoms with van der Waals surface area (Å²) in [6, 6.07) is 19.7. The second kappa shape index (κ2) is 18.7. The molecule has 0 saturated heterocycles. The molecule has 5 N–H and O–H groups in total. The highest BCUT2D eigenvalue weighted by Crippen LogP contribution is 2.27. The van der Waals surface area contributed by atoms with Gasteiger partial charge in [-0.15, -0.1) is 0 Å². The molecule has 4 amide bonds. The van der Waals surface area contributed by atoms with Crippen LogP contribution in [-0.4, -0.2) is 73.2 Å². The smallest absolute Gasteiger partial charge is 0.325 e. The van der Waals surface area contributed by atoms with Gasteiger partial charge in [0.05, 0.1) is 6.04 Å². The van der Waals surface area contributed by atoms with Crippen LogP contribution in [0.2, 0.25) is 0 Å². The van der Waals surface area contributed by atoms with Crippen LogP contribution in [0.15, 0.2) is 72.8 Å². The van der Waals surface area contributed by atoms with Gasteiger partial charge in [-0.3, -0.25) is 24.0 Å². The van der Waals surface area contributed by atoms with Crippen LogP contribution >= 0.6 is 0 Å². The van der Waals surface area contributed by atoms with Crippen molar-refractivity contribution in [1.82, 2.24) is 21.3 Å². The van der Waals surface area contributed by atoms with E-state index in [-0.39, 0.29) is 31.2 Å². The summed E-state index contributed by atoms with van der Waals surface area (Å²) < 4.78 is 5.20. The quantitative estimate of drug-likeness (QED) is 0.116. The fourth-order valence-corrected chi connectivity index (χ4v) is 6.38. The second-order valence-corrected chi connectivity index (χ2v) is 12.7. The van der Waals surface area contributed by atoms with Crippen LogP contribution in [0.25, 0.3) is 10.8 Å². The minimum Gasteiger partial charge on any atom is -0.460 e. The van der Waals surface area contributed by atoms with Gasteiger partial charge >= 0.3 is 5.97 Å². The van der Waals surface area contributed by atoms with Crippen LogP contribution in [0.1, 0.15) is 63.0 Å². The molecule has 0 radical (unpaired) electrons. The van der Waals surface area contributed by atoms with E-state index in [0.717, 1.165) is 54.0 Å². The molecule has 260 valence electrons. The number of aliphatic hydroxyl groups is 1. The number of ether oxygens (including phenoxy) is 1. The molecule has 0 spiro atoms. The zero-order valence-electron chi connectivity index (χ0n) is 28.3. The highest BCUT2D eigenvalue weighted by Gasteiger charge is 2.35. The Labute approximate surface area is 288 Å². The molecule has 3 aromatic carbocycles. The molecule has 2 unspecified atom stereocenters. The molecule has 4 rings (SSSR count). The minimum absolute atomic E-state index is 0.0416. The third-order valence-corrected chi connectivity index (χ3v) is 8.93. The molecule has 3 aromatic rings. The molecule has 12 heteroatoms. The van der Waals surface area contributed by atoms with Crippen molar-refractivity contribution >= 4 is 48.1 Å². The Hall–Kier alpha value is -4.71. The van der Waals surface area contributed by atoms with E-state index in [1.807, 2.05) is 67.6 Å². The minimum atomic E-state index is -1.67. The molecule has 1 aliphatic carbocycles. The molecular weight excluding hydrogens is 623 g/mol. The molecule has 0 heterocycles. The summed E-state index contributed by atoms with van der Waals surface area (Å²) in [5.74, 6) is -2.95. The monoisotopic (exact) mass is 670 g/mol. The number of carbonyl (C=O) groups is 5. The number of aliphatic hydroxyl groups excluding tert-OH is 1. The topological polar surface area (TPSA) is 163 Å². The van der Waals surface area contributed by atoms with Crippen molar-refractivity contribution in [3.8, 4) is 0 Å². The fourth-order valence-electron chi connectivity index (χ4n) is 6.38. The molecule has 1 aliphatic rings. The van der Waals surface area contributed by atoms with Crippen molar-refractivity contribution in [2.24, 2.45) is 5.92 Å². The van der Waals surface area contributed by atoms with Crippen molar-refractivity contribution in [2.75, 3.05) is 6.54 Å². The van der Waals surface area contributed by atoms with Crippen LogP contribution in [-0.2, 0) is 36.9 Å². The lowest BCUT2D eigenvalue weighted by atomic mass is 9.83. The van der Waals surface area contributed by atoms with E-state index in [2.05, 4.69) is 21.3 Å². The van der Waals surface area contributed by atoms with Crippen LogP contribution in [0.4, 0.5) is 4.79 Å². The van der Waals surface area contributed by atoms with E-state index in [0.29, 0.717) is 6.42 Å². The summed E-state index contributed by atoms with van der Waals surface area (Å²) in [4.78, 5) is 65.2. The van der Waals surface area contributed by atoms with Crippen LogP contribution < -0.4 is 21.3 Å². The van der Waals surface area contributed by atoms with E-state index >= 15 is 0 Å². The number of nitrogens with one attached hydrogen (secondary N) is 4. The molecule has 11 nitrogen and oxygen atoms in total. The molecule has 1 fully saturated rings. The maximum atomic E-state index is 14.0. The van der Waals surface area contributed by atoms with Crippen molar-refractivity contribution in [1.29, 1.82) is 0 Å². The van der Waals surface area contributed by atoms with Gasteiger partial charge in [-0.2, -0.15) is 0 Å². The molecule has 0 bridgehead atoms. The Bertz CT molecular complexity index is 1580. The third kappa shape index (κ3) is 11.2. The molecule has 4 atom stereocenters. The van der Waals surface area contributed by atoms with Gasteiger partial charge in [-0.05, 0) is 47.1 Å². The van der Waals surface area contributed by atoms with Crippen molar-refractivity contribution < 1.29 is 33.8 Å². The van der Waals surface area contributed by atoms with E-state index in [1.165, 1.54) is 7.85 Å². The highest BCUT2D eigenvalue weighted by molar-refractivity contribution is 6.57.